The Morgan fingerprint density at radius 2 is 2.13 bits per heavy atom. The van der Waals surface area contributed by atoms with Gasteiger partial charge in [-0.15, -0.1) is 0 Å². The molecule has 0 saturated carbocycles. The highest BCUT2D eigenvalue weighted by Crippen LogP contribution is 2.30. The average Bonchev–Trinajstić information content (AvgIpc) is 2.78. The maximum atomic E-state index is 11.5. The second kappa shape index (κ2) is 4.17. The van der Waals surface area contributed by atoms with Crippen molar-refractivity contribution in [1.29, 1.82) is 0 Å². The Morgan fingerprint density at radius 3 is 2.80 bits per heavy atom. The number of rotatable bonds is 1. The predicted octanol–water partition coefficient (Wildman–Crippen LogP) is 2.71. The Labute approximate surface area is 89.0 Å². The third-order valence-corrected chi connectivity index (χ3v) is 2.53. The van der Waals surface area contributed by atoms with Gasteiger partial charge in [-0.2, -0.15) is 0 Å². The molecule has 1 aromatic carbocycles. The first-order valence-corrected chi connectivity index (χ1v) is 4.91. The summed E-state index contributed by atoms with van der Waals surface area (Å²) in [7, 11) is 1.40. The Hall–Kier alpha value is -1.77. The van der Waals surface area contributed by atoms with Crippen molar-refractivity contribution in [2.24, 2.45) is 0 Å². The van der Waals surface area contributed by atoms with Gasteiger partial charge in [0.15, 0.2) is 0 Å². The lowest BCUT2D eigenvalue weighted by molar-refractivity contribution is 0.130. The normalized spacial score (nSPS) is 19.3. The number of methoxy groups -OCH3 is 1. The number of nitrogens with zero attached hydrogens (tertiary/aromatic N) is 1. The summed E-state index contributed by atoms with van der Waals surface area (Å²) in [6.45, 7) is 0. The zero-order valence-electron chi connectivity index (χ0n) is 8.59. The molecule has 3 heteroatoms. The first-order chi connectivity index (χ1) is 7.33. The molecule has 0 N–H and O–H groups in total. The lowest BCUT2D eigenvalue weighted by Gasteiger charge is -2.22. The molecule has 0 spiro atoms. The van der Waals surface area contributed by atoms with Gasteiger partial charge >= 0.3 is 6.09 Å². The summed E-state index contributed by atoms with van der Waals surface area (Å²) in [6, 6.07) is 10.0. The van der Waals surface area contributed by atoms with Crippen molar-refractivity contribution in [3.8, 4) is 0 Å². The molecule has 1 unspecified atom stereocenters. The van der Waals surface area contributed by atoms with E-state index in [9.17, 15) is 4.79 Å². The predicted molar refractivity (Wildman–Crippen MR) is 57.2 cm³/mol. The molecule has 1 heterocycles. The number of amides is 1. The molecule has 0 aromatic heterocycles. The second-order valence-electron chi connectivity index (χ2n) is 3.42. The van der Waals surface area contributed by atoms with E-state index in [1.54, 1.807) is 11.1 Å². The highest BCUT2D eigenvalue weighted by atomic mass is 16.5. The van der Waals surface area contributed by atoms with Crippen molar-refractivity contribution in [3.63, 3.8) is 0 Å². The molecule has 1 amide bonds. The third-order valence-electron chi connectivity index (χ3n) is 2.53. The number of hydrogen-bond acceptors (Lipinski definition) is 2. The van der Waals surface area contributed by atoms with Crippen LogP contribution in [0.2, 0.25) is 0 Å². The van der Waals surface area contributed by atoms with Crippen LogP contribution in [0.4, 0.5) is 4.79 Å². The van der Waals surface area contributed by atoms with Crippen LogP contribution in [-0.2, 0) is 4.74 Å². The summed E-state index contributed by atoms with van der Waals surface area (Å²) >= 11 is 0. The summed E-state index contributed by atoms with van der Waals surface area (Å²) in [6.07, 6.45) is 4.30. The van der Waals surface area contributed by atoms with Crippen molar-refractivity contribution in [2.75, 3.05) is 7.11 Å². The Kier molecular flexibility index (Phi) is 2.72. The molecule has 1 atom stereocenters. The van der Waals surface area contributed by atoms with E-state index < -0.39 is 0 Å². The van der Waals surface area contributed by atoms with Crippen molar-refractivity contribution < 1.29 is 9.53 Å². The molecule has 3 nitrogen and oxygen atoms in total. The standard InChI is InChI=1S/C12H13NO2/c1-15-12(14)13-9-5-8-11(13)10-6-3-2-4-7-10/h2-7,9,11H,8H2,1H3. The number of carbonyl (C=O) groups is 1. The van der Waals surface area contributed by atoms with Gasteiger partial charge in [0, 0.05) is 6.20 Å². The van der Waals surface area contributed by atoms with Crippen LogP contribution in [0.15, 0.2) is 42.6 Å². The van der Waals surface area contributed by atoms with Crippen LogP contribution >= 0.6 is 0 Å². The minimum atomic E-state index is -0.308. The molecule has 2 rings (SSSR count). The smallest absolute Gasteiger partial charge is 0.414 e. The monoisotopic (exact) mass is 203 g/mol. The van der Waals surface area contributed by atoms with E-state index in [0.717, 1.165) is 12.0 Å². The van der Waals surface area contributed by atoms with Crippen LogP contribution < -0.4 is 0 Å². The topological polar surface area (TPSA) is 29.5 Å². The van der Waals surface area contributed by atoms with Crippen LogP contribution in [0.3, 0.4) is 0 Å². The van der Waals surface area contributed by atoms with E-state index in [1.165, 1.54) is 7.11 Å². The summed E-state index contributed by atoms with van der Waals surface area (Å²) in [5.41, 5.74) is 1.13. The molecule has 0 saturated heterocycles. The van der Waals surface area contributed by atoms with E-state index >= 15 is 0 Å². The van der Waals surface area contributed by atoms with Crippen LogP contribution in [-0.4, -0.2) is 18.1 Å². The lowest BCUT2D eigenvalue weighted by Crippen LogP contribution is -2.26. The van der Waals surface area contributed by atoms with Crippen molar-refractivity contribution in [2.45, 2.75) is 12.5 Å². The minimum Gasteiger partial charge on any atom is -0.452 e. The van der Waals surface area contributed by atoms with Gasteiger partial charge in [0.25, 0.3) is 0 Å². The van der Waals surface area contributed by atoms with Crippen molar-refractivity contribution in [1.82, 2.24) is 4.90 Å². The molecule has 0 radical (unpaired) electrons. The SMILES string of the molecule is COC(=O)N1C=CCC1c1ccccc1. The summed E-state index contributed by atoms with van der Waals surface area (Å²) < 4.78 is 4.72. The van der Waals surface area contributed by atoms with Gasteiger partial charge < -0.3 is 4.74 Å². The minimum absolute atomic E-state index is 0.0821. The maximum Gasteiger partial charge on any atom is 0.414 e. The molecule has 0 fully saturated rings. The molecular formula is C12H13NO2. The highest BCUT2D eigenvalue weighted by Gasteiger charge is 2.26. The van der Waals surface area contributed by atoms with Crippen LogP contribution in [0, 0.1) is 0 Å². The van der Waals surface area contributed by atoms with Crippen LogP contribution in [0.1, 0.15) is 18.0 Å². The first-order valence-electron chi connectivity index (χ1n) is 4.91. The van der Waals surface area contributed by atoms with Gasteiger partial charge in [0.2, 0.25) is 0 Å². The van der Waals surface area contributed by atoms with E-state index in [0.29, 0.717) is 0 Å². The number of hydrogen-bond donors (Lipinski definition) is 0. The van der Waals surface area contributed by atoms with Gasteiger partial charge in [-0.1, -0.05) is 36.4 Å². The van der Waals surface area contributed by atoms with Gasteiger partial charge in [-0.05, 0) is 12.0 Å². The zero-order chi connectivity index (χ0) is 10.7. The number of benzene rings is 1. The Morgan fingerprint density at radius 1 is 1.40 bits per heavy atom. The van der Waals surface area contributed by atoms with Crippen molar-refractivity contribution in [3.05, 3.63) is 48.2 Å². The Bertz CT molecular complexity index is 372. The maximum absolute atomic E-state index is 11.5. The molecule has 15 heavy (non-hydrogen) atoms. The van der Waals surface area contributed by atoms with Crippen LogP contribution in [0.25, 0.3) is 0 Å². The van der Waals surface area contributed by atoms with Gasteiger partial charge in [0.05, 0.1) is 13.2 Å². The molecular weight excluding hydrogens is 190 g/mol. The molecule has 1 aromatic rings. The lowest BCUT2D eigenvalue weighted by atomic mass is 10.1. The molecule has 0 aliphatic carbocycles. The fourth-order valence-corrected chi connectivity index (χ4v) is 1.79. The van der Waals surface area contributed by atoms with Crippen molar-refractivity contribution >= 4 is 6.09 Å². The fraction of sp³-hybridized carbons (Fsp3) is 0.250. The fourth-order valence-electron chi connectivity index (χ4n) is 1.79. The van der Waals surface area contributed by atoms with E-state index in [2.05, 4.69) is 0 Å². The van der Waals surface area contributed by atoms with Gasteiger partial charge in [0.1, 0.15) is 0 Å². The molecule has 0 bridgehead atoms. The first kappa shape index (κ1) is 9.77. The number of ether oxygens (including phenoxy) is 1. The molecule has 1 aliphatic rings. The van der Waals surface area contributed by atoms with Gasteiger partial charge in [-0.25, -0.2) is 4.79 Å². The van der Waals surface area contributed by atoms with E-state index in [-0.39, 0.29) is 12.1 Å². The summed E-state index contributed by atoms with van der Waals surface area (Å²) in [5, 5.41) is 0. The Balaban J connectivity index is 2.21. The summed E-state index contributed by atoms with van der Waals surface area (Å²) in [4.78, 5) is 13.1. The molecule has 78 valence electrons. The number of carbonyl (C=O) groups excluding carboxylic acids is 1. The van der Waals surface area contributed by atoms with E-state index in [1.807, 2.05) is 36.4 Å². The highest BCUT2D eigenvalue weighted by molar-refractivity contribution is 5.70. The molecule has 1 aliphatic heterocycles. The quantitative estimate of drug-likeness (QED) is 0.702. The average molecular weight is 203 g/mol. The zero-order valence-corrected chi connectivity index (χ0v) is 8.59. The van der Waals surface area contributed by atoms with E-state index in [4.69, 9.17) is 4.74 Å². The largest absolute Gasteiger partial charge is 0.452 e. The summed E-state index contributed by atoms with van der Waals surface area (Å²) in [5.74, 6) is 0. The third kappa shape index (κ3) is 1.86. The van der Waals surface area contributed by atoms with Gasteiger partial charge in [-0.3, -0.25) is 4.90 Å². The second-order valence-corrected chi connectivity index (χ2v) is 3.42. The van der Waals surface area contributed by atoms with Crippen LogP contribution in [0.5, 0.6) is 0 Å².